The van der Waals surface area contributed by atoms with Crippen LogP contribution in [0.3, 0.4) is 0 Å². The topological polar surface area (TPSA) is 93.7 Å². The first-order valence-electron chi connectivity index (χ1n) is 9.70. The van der Waals surface area contributed by atoms with Gasteiger partial charge in [-0.25, -0.2) is 13.1 Å². The third-order valence-electron chi connectivity index (χ3n) is 4.68. The van der Waals surface area contributed by atoms with Gasteiger partial charge in [0.1, 0.15) is 11.5 Å². The fraction of sp³-hybridized carbons (Fsp3) is 0.174. The SMILES string of the molecule is COc1ccc(CCNS(=O)(=O)c2ccc(OC)c(NC(=O)c3cccc(Cl)c3)c2)cc1. The smallest absolute Gasteiger partial charge is 0.255 e. The van der Waals surface area contributed by atoms with Gasteiger partial charge in [0.2, 0.25) is 10.0 Å². The normalized spacial score (nSPS) is 11.1. The maximum atomic E-state index is 12.8. The van der Waals surface area contributed by atoms with Crippen molar-refractivity contribution < 1.29 is 22.7 Å². The van der Waals surface area contributed by atoms with E-state index >= 15 is 0 Å². The average Bonchev–Trinajstić information content (AvgIpc) is 2.79. The van der Waals surface area contributed by atoms with E-state index in [0.29, 0.717) is 22.8 Å². The number of carbonyl (C=O) groups excluding carboxylic acids is 1. The molecular weight excluding hydrogens is 452 g/mol. The van der Waals surface area contributed by atoms with Gasteiger partial charge < -0.3 is 14.8 Å². The predicted octanol–water partition coefficient (Wildman–Crippen LogP) is 4.13. The summed E-state index contributed by atoms with van der Waals surface area (Å²) in [5.41, 5.74) is 1.54. The maximum Gasteiger partial charge on any atom is 0.255 e. The predicted molar refractivity (Wildman–Crippen MR) is 124 cm³/mol. The number of rotatable bonds is 9. The van der Waals surface area contributed by atoms with Crippen LogP contribution in [0.25, 0.3) is 0 Å². The van der Waals surface area contributed by atoms with Crippen LogP contribution in [0.4, 0.5) is 5.69 Å². The minimum absolute atomic E-state index is 0.00873. The van der Waals surface area contributed by atoms with E-state index < -0.39 is 15.9 Å². The van der Waals surface area contributed by atoms with Crippen molar-refractivity contribution in [3.05, 3.63) is 82.9 Å². The van der Waals surface area contributed by atoms with Crippen molar-refractivity contribution in [2.24, 2.45) is 0 Å². The number of anilines is 1. The first kappa shape index (κ1) is 23.6. The molecule has 0 aliphatic carbocycles. The average molecular weight is 475 g/mol. The minimum Gasteiger partial charge on any atom is -0.497 e. The molecule has 0 bridgehead atoms. The summed E-state index contributed by atoms with van der Waals surface area (Å²) in [5.74, 6) is 0.630. The molecule has 0 aliphatic rings. The first-order chi connectivity index (χ1) is 15.3. The second-order valence-electron chi connectivity index (χ2n) is 6.82. The van der Waals surface area contributed by atoms with Crippen LogP contribution in [-0.4, -0.2) is 35.1 Å². The Kier molecular flexibility index (Phi) is 7.74. The molecule has 7 nitrogen and oxygen atoms in total. The van der Waals surface area contributed by atoms with Gasteiger partial charge in [0.15, 0.2) is 0 Å². The largest absolute Gasteiger partial charge is 0.497 e. The van der Waals surface area contributed by atoms with Crippen LogP contribution >= 0.6 is 11.6 Å². The number of halogens is 1. The molecule has 0 aliphatic heterocycles. The summed E-state index contributed by atoms with van der Waals surface area (Å²) in [6.45, 7) is 0.213. The van der Waals surface area contributed by atoms with Crippen LogP contribution in [0.15, 0.2) is 71.6 Å². The lowest BCUT2D eigenvalue weighted by Crippen LogP contribution is -2.26. The molecule has 3 aromatic rings. The maximum absolute atomic E-state index is 12.8. The van der Waals surface area contributed by atoms with Gasteiger partial charge in [-0.15, -0.1) is 0 Å². The zero-order valence-electron chi connectivity index (χ0n) is 17.6. The summed E-state index contributed by atoms with van der Waals surface area (Å²) in [4.78, 5) is 12.6. The molecular formula is C23H23ClN2O5S. The number of benzene rings is 3. The van der Waals surface area contributed by atoms with Gasteiger partial charge in [-0.1, -0.05) is 29.8 Å². The number of nitrogens with one attached hydrogen (secondary N) is 2. The molecule has 0 saturated heterocycles. The molecule has 9 heteroatoms. The van der Waals surface area contributed by atoms with Gasteiger partial charge in [0.05, 0.1) is 24.8 Å². The van der Waals surface area contributed by atoms with Crippen LogP contribution < -0.4 is 19.5 Å². The van der Waals surface area contributed by atoms with E-state index in [9.17, 15) is 13.2 Å². The third-order valence-corrected chi connectivity index (χ3v) is 6.37. The third kappa shape index (κ3) is 6.00. The highest BCUT2D eigenvalue weighted by Gasteiger charge is 2.18. The van der Waals surface area contributed by atoms with Crippen molar-refractivity contribution in [1.82, 2.24) is 4.72 Å². The van der Waals surface area contributed by atoms with Crippen molar-refractivity contribution in [3.63, 3.8) is 0 Å². The van der Waals surface area contributed by atoms with Gasteiger partial charge in [-0.2, -0.15) is 0 Å². The number of hydrogen-bond donors (Lipinski definition) is 2. The lowest BCUT2D eigenvalue weighted by molar-refractivity contribution is 0.102. The lowest BCUT2D eigenvalue weighted by Gasteiger charge is -2.13. The molecule has 0 aromatic heterocycles. The molecule has 0 atom stereocenters. The fourth-order valence-electron chi connectivity index (χ4n) is 2.98. The van der Waals surface area contributed by atoms with Gasteiger partial charge in [0, 0.05) is 17.1 Å². The molecule has 0 heterocycles. The lowest BCUT2D eigenvalue weighted by atomic mass is 10.1. The van der Waals surface area contributed by atoms with Crippen molar-refractivity contribution in [1.29, 1.82) is 0 Å². The Balaban J connectivity index is 1.72. The molecule has 2 N–H and O–H groups in total. The highest BCUT2D eigenvalue weighted by atomic mass is 35.5. The highest BCUT2D eigenvalue weighted by Crippen LogP contribution is 2.28. The number of carbonyl (C=O) groups is 1. The van der Waals surface area contributed by atoms with E-state index in [2.05, 4.69) is 10.0 Å². The molecule has 32 heavy (non-hydrogen) atoms. The molecule has 3 aromatic carbocycles. The standard InChI is InChI=1S/C23H23ClN2O5S/c1-30-19-8-6-16(7-9-19)12-13-25-32(28,29)20-10-11-22(31-2)21(15-20)26-23(27)17-4-3-5-18(24)14-17/h3-11,14-15,25H,12-13H2,1-2H3,(H,26,27). The van der Waals surface area contributed by atoms with Crippen LogP contribution in [0.5, 0.6) is 11.5 Å². The van der Waals surface area contributed by atoms with Crippen LogP contribution in [0, 0.1) is 0 Å². The minimum atomic E-state index is -3.80. The van der Waals surface area contributed by atoms with Gasteiger partial charge in [0.25, 0.3) is 5.91 Å². The molecule has 0 fully saturated rings. The molecule has 0 saturated carbocycles. The van der Waals surface area contributed by atoms with E-state index in [1.165, 1.54) is 31.4 Å². The Morgan fingerprint density at radius 3 is 2.38 bits per heavy atom. The number of amides is 1. The van der Waals surface area contributed by atoms with Crippen molar-refractivity contribution in [3.8, 4) is 11.5 Å². The Morgan fingerprint density at radius 2 is 1.72 bits per heavy atom. The Labute approximate surface area is 192 Å². The van der Waals surface area contributed by atoms with Crippen LogP contribution in [-0.2, 0) is 16.4 Å². The second kappa shape index (κ2) is 10.5. The second-order valence-corrected chi connectivity index (χ2v) is 9.03. The van der Waals surface area contributed by atoms with E-state index in [0.717, 1.165) is 11.3 Å². The zero-order valence-corrected chi connectivity index (χ0v) is 19.2. The number of hydrogen-bond acceptors (Lipinski definition) is 5. The summed E-state index contributed by atoms with van der Waals surface area (Å²) in [7, 11) is -0.777. The van der Waals surface area contributed by atoms with E-state index in [-0.39, 0.29) is 17.1 Å². The van der Waals surface area contributed by atoms with E-state index in [4.69, 9.17) is 21.1 Å². The highest BCUT2D eigenvalue weighted by molar-refractivity contribution is 7.89. The number of ether oxygens (including phenoxy) is 2. The molecule has 0 radical (unpaired) electrons. The summed E-state index contributed by atoms with van der Waals surface area (Å²) < 4.78 is 38.5. The van der Waals surface area contributed by atoms with E-state index in [1.54, 1.807) is 25.3 Å². The summed E-state index contributed by atoms with van der Waals surface area (Å²) >= 11 is 5.94. The molecule has 168 valence electrons. The zero-order chi connectivity index (χ0) is 23.1. The summed E-state index contributed by atoms with van der Waals surface area (Å²) in [6, 6.07) is 18.1. The molecule has 0 unspecified atom stereocenters. The first-order valence-corrected chi connectivity index (χ1v) is 11.6. The Hall–Kier alpha value is -3.07. The van der Waals surface area contributed by atoms with Gasteiger partial charge in [-0.3, -0.25) is 4.79 Å². The summed E-state index contributed by atoms with van der Waals surface area (Å²) in [6.07, 6.45) is 0.512. The van der Waals surface area contributed by atoms with Gasteiger partial charge >= 0.3 is 0 Å². The monoisotopic (exact) mass is 474 g/mol. The van der Waals surface area contributed by atoms with Crippen molar-refractivity contribution in [2.45, 2.75) is 11.3 Å². The molecule has 1 amide bonds. The van der Waals surface area contributed by atoms with E-state index in [1.807, 2.05) is 24.3 Å². The Morgan fingerprint density at radius 1 is 0.969 bits per heavy atom. The van der Waals surface area contributed by atoms with Gasteiger partial charge in [-0.05, 0) is 60.5 Å². The number of methoxy groups -OCH3 is 2. The molecule has 3 rings (SSSR count). The van der Waals surface area contributed by atoms with Crippen molar-refractivity contribution >= 4 is 33.2 Å². The quantitative estimate of drug-likeness (QED) is 0.486. The molecule has 0 spiro atoms. The number of sulfonamides is 1. The fourth-order valence-corrected chi connectivity index (χ4v) is 4.23. The van der Waals surface area contributed by atoms with Crippen molar-refractivity contribution in [2.75, 3.05) is 26.1 Å². The summed E-state index contributed by atoms with van der Waals surface area (Å²) in [5, 5.41) is 3.10. The van der Waals surface area contributed by atoms with Crippen LogP contribution in [0.1, 0.15) is 15.9 Å². The van der Waals surface area contributed by atoms with Crippen LogP contribution in [0.2, 0.25) is 5.02 Å². The Bertz CT molecular complexity index is 1200.